The zero-order valence-electron chi connectivity index (χ0n) is 12.3. The molecule has 0 aromatic carbocycles. The van der Waals surface area contributed by atoms with Crippen LogP contribution >= 0.6 is 40.0 Å². The molecule has 2 rings (SSSR count). The third-order valence-corrected chi connectivity index (χ3v) is 3.25. The molecule has 2 aliphatic carbocycles. The molecule has 0 aromatic rings. The fraction of sp³-hybridized carbons (Fsp3) is 0.250. The predicted octanol–water partition coefficient (Wildman–Crippen LogP) is 5.00. The van der Waals surface area contributed by atoms with Crippen molar-refractivity contribution in [1.82, 2.24) is 0 Å². The van der Waals surface area contributed by atoms with E-state index in [0.717, 1.165) is 33.4 Å². The summed E-state index contributed by atoms with van der Waals surface area (Å²) in [5.41, 5.74) is 4.96. The molecule has 2 aliphatic rings. The molecule has 0 fully saturated rings. The van der Waals surface area contributed by atoms with E-state index in [9.17, 15) is 9.59 Å². The van der Waals surface area contributed by atoms with Gasteiger partial charge in [0, 0.05) is 0 Å². The number of carbonyl (C=O) groups excluding carboxylic acids is 2. The number of ketones is 2. The molecule has 5 heteroatoms. The molecule has 0 bridgehead atoms. The fourth-order valence-corrected chi connectivity index (χ4v) is 2.23. The number of hydrogen-bond donors (Lipinski definition) is 0. The number of rotatable bonds is 0. The molecular formula is C16H16I2O2V. The van der Waals surface area contributed by atoms with Gasteiger partial charge in [-0.1, -0.05) is 0 Å². The van der Waals surface area contributed by atoms with E-state index in [-0.39, 0.29) is 11.6 Å². The first kappa shape index (κ1) is 19.1. The first-order valence-corrected chi connectivity index (χ1v) is 15.3. The van der Waals surface area contributed by atoms with Gasteiger partial charge in [0.15, 0.2) is 11.6 Å². The number of allylic oxidation sites excluding steroid dienone is 10. The van der Waals surface area contributed by atoms with E-state index in [1.54, 1.807) is 0 Å². The molecule has 0 atom stereocenters. The first-order valence-electron chi connectivity index (χ1n) is 6.31. The summed E-state index contributed by atoms with van der Waals surface area (Å²) in [6, 6.07) is 0. The Balaban J connectivity index is 0.000000677. The Kier molecular flexibility index (Phi) is 7.88. The first-order chi connectivity index (χ1) is 9.81. The van der Waals surface area contributed by atoms with Crippen LogP contribution in [-0.4, -0.2) is 11.6 Å². The Bertz CT molecular complexity index is 533. The summed E-state index contributed by atoms with van der Waals surface area (Å²) in [5, 5.41) is 0. The molecule has 0 spiro atoms. The van der Waals surface area contributed by atoms with Gasteiger partial charge in [0.25, 0.3) is 0 Å². The second kappa shape index (κ2) is 8.65. The van der Waals surface area contributed by atoms with E-state index < -0.39 is 0 Å². The summed E-state index contributed by atoms with van der Waals surface area (Å²) in [5.74, 6) is 0.181. The topological polar surface area (TPSA) is 34.1 Å². The van der Waals surface area contributed by atoms with Crippen LogP contribution in [0.15, 0.2) is 57.7 Å². The normalized spacial score (nSPS) is 18.2. The van der Waals surface area contributed by atoms with Gasteiger partial charge < -0.3 is 0 Å². The van der Waals surface area contributed by atoms with E-state index in [1.807, 2.05) is 52.0 Å². The van der Waals surface area contributed by atoms with Crippen molar-refractivity contribution < 1.29 is 19.1 Å². The van der Waals surface area contributed by atoms with E-state index in [2.05, 4.69) is 40.0 Å². The molecule has 0 aromatic heterocycles. The van der Waals surface area contributed by atoms with Crippen molar-refractivity contribution >= 4 is 51.5 Å². The average molecular weight is 545 g/mol. The van der Waals surface area contributed by atoms with Gasteiger partial charge in [-0.3, -0.25) is 9.59 Å². The Morgan fingerprint density at radius 3 is 1.05 bits per heavy atom. The molecule has 0 amide bonds. The van der Waals surface area contributed by atoms with Crippen molar-refractivity contribution in [2.24, 2.45) is 0 Å². The summed E-state index contributed by atoms with van der Waals surface area (Å²) in [6.45, 7) is 7.28. The zero-order chi connectivity index (χ0) is 16.2. The van der Waals surface area contributed by atoms with Crippen LogP contribution in [0.5, 0.6) is 0 Å². The number of hydrogen-bond acceptors (Lipinski definition) is 2. The molecule has 0 N–H and O–H groups in total. The molecule has 21 heavy (non-hydrogen) atoms. The van der Waals surface area contributed by atoms with Crippen molar-refractivity contribution in [1.29, 1.82) is 0 Å². The van der Waals surface area contributed by atoms with E-state index in [1.165, 1.54) is 0 Å². The maximum atomic E-state index is 11.7. The molecule has 0 radical (unpaired) electrons. The van der Waals surface area contributed by atoms with Crippen LogP contribution in [0.4, 0.5) is 0 Å². The molecule has 0 unspecified atom stereocenters. The second-order valence-corrected chi connectivity index (χ2v) is 16.7. The SMILES string of the molecule is CC1=CC(=C2C=C(C)C(=O)C(C)=C2)C=C(C)C1=O.[I][V][I]. The second-order valence-electron chi connectivity index (χ2n) is 4.94. The number of Topliss-reactive ketones (excluding diaryl/α,β-unsaturated/α-hetero) is 2. The quantitative estimate of drug-likeness (QED) is 0.402. The van der Waals surface area contributed by atoms with Gasteiger partial charge >= 0.3 is 49.4 Å². The maximum absolute atomic E-state index is 11.7. The molecule has 0 saturated carbocycles. The Morgan fingerprint density at radius 2 is 0.857 bits per heavy atom. The van der Waals surface area contributed by atoms with Gasteiger partial charge in [-0.25, -0.2) is 0 Å². The summed E-state index contributed by atoms with van der Waals surface area (Å²) in [7, 11) is 0.628. The fourth-order valence-electron chi connectivity index (χ4n) is 2.23. The summed E-state index contributed by atoms with van der Waals surface area (Å²) < 4.78 is 0. The van der Waals surface area contributed by atoms with Gasteiger partial charge in [0.05, 0.1) is 0 Å². The Morgan fingerprint density at radius 1 is 0.667 bits per heavy atom. The van der Waals surface area contributed by atoms with Crippen molar-refractivity contribution in [2.75, 3.05) is 0 Å². The molecule has 0 aliphatic heterocycles. The summed E-state index contributed by atoms with van der Waals surface area (Å²) >= 11 is 4.74. The molecule has 111 valence electrons. The number of carbonyl (C=O) groups is 2. The molecule has 0 heterocycles. The van der Waals surface area contributed by atoms with Crippen LogP contribution in [0.25, 0.3) is 0 Å². The summed E-state index contributed by atoms with van der Waals surface area (Å²) in [4.78, 5) is 23.4. The van der Waals surface area contributed by atoms with Gasteiger partial charge in [0.2, 0.25) is 0 Å². The number of halogens is 2. The third kappa shape index (κ3) is 5.04. The van der Waals surface area contributed by atoms with Crippen molar-refractivity contribution in [3.63, 3.8) is 0 Å². The minimum atomic E-state index is 0.0904. The van der Waals surface area contributed by atoms with Crippen molar-refractivity contribution in [3.8, 4) is 0 Å². The van der Waals surface area contributed by atoms with Crippen LogP contribution in [-0.2, 0) is 19.1 Å². The van der Waals surface area contributed by atoms with Gasteiger partial charge in [-0.05, 0) is 85.4 Å². The van der Waals surface area contributed by atoms with Crippen LogP contribution in [0.2, 0.25) is 0 Å². The van der Waals surface area contributed by atoms with Gasteiger partial charge in [-0.2, -0.15) is 0 Å². The standard InChI is InChI=1S/C16H16O2.2HI.V/c1-9-5-13(6-10(2)15(9)17)14-7-11(3)16(18)12(4)8-14;;;/h5-8H,1-4H3;2*1H;/q;;;+2/p-2. The van der Waals surface area contributed by atoms with Crippen molar-refractivity contribution in [3.05, 3.63) is 57.7 Å². The van der Waals surface area contributed by atoms with E-state index >= 15 is 0 Å². The zero-order valence-corrected chi connectivity index (χ0v) is 18.0. The van der Waals surface area contributed by atoms with E-state index in [4.69, 9.17) is 0 Å². The Hall–Kier alpha value is 0.0844. The molecule has 0 saturated heterocycles. The average Bonchev–Trinajstić information content (AvgIpc) is 2.42. The van der Waals surface area contributed by atoms with Gasteiger partial charge in [-0.15, -0.1) is 0 Å². The van der Waals surface area contributed by atoms with Crippen LogP contribution in [0.1, 0.15) is 27.7 Å². The third-order valence-electron chi connectivity index (χ3n) is 3.25. The minimum absolute atomic E-state index is 0.0904. The van der Waals surface area contributed by atoms with Crippen LogP contribution in [0, 0.1) is 0 Å². The summed E-state index contributed by atoms with van der Waals surface area (Å²) in [6.07, 6.45) is 7.53. The monoisotopic (exact) mass is 545 g/mol. The van der Waals surface area contributed by atoms with Crippen LogP contribution in [0.3, 0.4) is 0 Å². The van der Waals surface area contributed by atoms with Gasteiger partial charge in [0.1, 0.15) is 0 Å². The van der Waals surface area contributed by atoms with Crippen LogP contribution < -0.4 is 0 Å². The molecule has 2 nitrogen and oxygen atoms in total. The predicted molar refractivity (Wildman–Crippen MR) is 100 cm³/mol. The van der Waals surface area contributed by atoms with E-state index in [0.29, 0.717) is 9.47 Å². The Labute approximate surface area is 154 Å². The molecular weight excluding hydrogens is 529 g/mol. The van der Waals surface area contributed by atoms with Crippen molar-refractivity contribution in [2.45, 2.75) is 27.7 Å².